The highest BCUT2D eigenvalue weighted by Gasteiger charge is 2.19. The number of hydrogen-bond donors (Lipinski definition) is 1. The van der Waals surface area contributed by atoms with Crippen molar-refractivity contribution in [2.45, 2.75) is 6.10 Å². The van der Waals surface area contributed by atoms with Gasteiger partial charge in [0.15, 0.2) is 0 Å². The molecule has 2 fully saturated rings. The number of likely N-dealkylation sites (N-methyl/N-ethyl adjacent to an activating group) is 1. The predicted octanol–water partition coefficient (Wildman–Crippen LogP) is -0.253. The van der Waals surface area contributed by atoms with Gasteiger partial charge in [-0.2, -0.15) is 9.97 Å². The molecule has 2 saturated heterocycles. The topological polar surface area (TPSA) is 86.0 Å². The van der Waals surface area contributed by atoms with E-state index in [1.807, 2.05) is 18.0 Å². The molecule has 0 spiro atoms. The van der Waals surface area contributed by atoms with Crippen LogP contribution < -0.4 is 15.5 Å². The molecule has 0 aliphatic carbocycles. The molecule has 2 N–H and O–H groups in total. The zero-order valence-electron chi connectivity index (χ0n) is 12.9. The van der Waals surface area contributed by atoms with Gasteiger partial charge in [0.1, 0.15) is 11.6 Å². The average molecular weight is 309 g/mol. The lowest BCUT2D eigenvalue weighted by Crippen LogP contribution is -2.39. The maximum Gasteiger partial charge on any atom is 0.223 e. The van der Waals surface area contributed by atoms with Gasteiger partial charge in [0, 0.05) is 32.7 Å². The summed E-state index contributed by atoms with van der Waals surface area (Å²) in [6.45, 7) is 5.69. The highest BCUT2D eigenvalue weighted by Crippen LogP contribution is 2.21. The van der Waals surface area contributed by atoms with Crippen LogP contribution >= 0.6 is 0 Å². The van der Waals surface area contributed by atoms with Crippen molar-refractivity contribution in [2.24, 2.45) is 0 Å². The Morgan fingerprint density at radius 2 is 2.05 bits per heavy atom. The normalized spacial score (nSPS) is 22.6. The average Bonchev–Trinajstić information content (AvgIpc) is 2.56. The summed E-state index contributed by atoms with van der Waals surface area (Å²) in [5.41, 5.74) is 5.87. The van der Waals surface area contributed by atoms with Crippen molar-refractivity contribution in [3.63, 3.8) is 0 Å². The molecule has 22 heavy (non-hydrogen) atoms. The summed E-state index contributed by atoms with van der Waals surface area (Å²) >= 11 is 0. The van der Waals surface area contributed by atoms with Crippen molar-refractivity contribution in [3.8, 4) is 0 Å². The number of aromatic nitrogens is 2. The monoisotopic (exact) mass is 309 g/mol. The first-order valence-corrected chi connectivity index (χ1v) is 7.60. The minimum atomic E-state index is 0.0572. The quantitative estimate of drug-likeness (QED) is 0.815. The molecule has 0 radical (unpaired) electrons. The van der Waals surface area contributed by atoms with E-state index in [4.69, 9.17) is 19.9 Å². The zero-order valence-corrected chi connectivity index (χ0v) is 12.9. The van der Waals surface area contributed by atoms with Gasteiger partial charge in [-0.1, -0.05) is 0 Å². The van der Waals surface area contributed by atoms with Crippen LogP contribution in [-0.4, -0.2) is 75.8 Å². The van der Waals surface area contributed by atoms with Crippen LogP contribution in [0.15, 0.2) is 6.07 Å². The minimum Gasteiger partial charge on any atom is -0.378 e. The number of ether oxygens (including phenoxy) is 3. The largest absolute Gasteiger partial charge is 0.378 e. The molecule has 1 aromatic rings. The number of morpholine rings is 1. The first-order valence-electron chi connectivity index (χ1n) is 7.60. The third-order valence-corrected chi connectivity index (χ3v) is 3.81. The van der Waals surface area contributed by atoms with E-state index < -0.39 is 0 Å². The number of hydrogen-bond acceptors (Lipinski definition) is 8. The first kappa shape index (κ1) is 15.3. The fraction of sp³-hybridized carbons (Fsp3) is 0.714. The van der Waals surface area contributed by atoms with Gasteiger partial charge in [0.05, 0.1) is 39.1 Å². The van der Waals surface area contributed by atoms with E-state index in [1.54, 1.807) is 0 Å². The van der Waals surface area contributed by atoms with Crippen LogP contribution in [-0.2, 0) is 14.2 Å². The van der Waals surface area contributed by atoms with Gasteiger partial charge < -0.3 is 29.7 Å². The van der Waals surface area contributed by atoms with Crippen molar-refractivity contribution in [3.05, 3.63) is 6.07 Å². The third kappa shape index (κ3) is 3.76. The Hall–Kier alpha value is -1.64. The Labute approximate surface area is 130 Å². The minimum absolute atomic E-state index is 0.0572. The van der Waals surface area contributed by atoms with Crippen molar-refractivity contribution >= 4 is 17.6 Å². The van der Waals surface area contributed by atoms with E-state index in [-0.39, 0.29) is 12.1 Å². The Morgan fingerprint density at radius 1 is 1.23 bits per heavy atom. The standard InChI is InChI=1S/C14H23N5O3/c1-18(9-11-10-21-6-7-22-11)12-8-13(17-14(15)16-12)19-2-4-20-5-3-19/h8,11H,2-7,9-10H2,1H3,(H2,15,16,17)/t11-/m0/s1. The SMILES string of the molecule is CN(C[C@H]1COCCO1)c1cc(N2CCOCC2)nc(N)n1. The number of rotatable bonds is 4. The van der Waals surface area contributed by atoms with E-state index in [9.17, 15) is 0 Å². The molecule has 3 heterocycles. The third-order valence-electron chi connectivity index (χ3n) is 3.81. The molecule has 0 bridgehead atoms. The summed E-state index contributed by atoms with van der Waals surface area (Å²) in [7, 11) is 1.98. The maximum absolute atomic E-state index is 5.87. The molecular weight excluding hydrogens is 286 g/mol. The lowest BCUT2D eigenvalue weighted by molar-refractivity contribution is -0.0837. The molecule has 3 rings (SSSR count). The molecule has 1 aromatic heterocycles. The van der Waals surface area contributed by atoms with Gasteiger partial charge in [0.2, 0.25) is 5.95 Å². The summed E-state index contributed by atoms with van der Waals surface area (Å²) in [6, 6.07) is 1.96. The molecule has 2 aliphatic rings. The van der Waals surface area contributed by atoms with Crippen LogP contribution in [0.5, 0.6) is 0 Å². The molecule has 122 valence electrons. The van der Waals surface area contributed by atoms with Crippen molar-refractivity contribution in [1.82, 2.24) is 9.97 Å². The lowest BCUT2D eigenvalue weighted by Gasteiger charge is -2.30. The molecule has 0 amide bonds. The summed E-state index contributed by atoms with van der Waals surface area (Å²) in [4.78, 5) is 12.9. The van der Waals surface area contributed by atoms with Crippen LogP contribution in [0.1, 0.15) is 0 Å². The van der Waals surface area contributed by atoms with E-state index in [0.29, 0.717) is 39.6 Å². The predicted molar refractivity (Wildman–Crippen MR) is 83.3 cm³/mol. The summed E-state index contributed by atoms with van der Waals surface area (Å²) in [5, 5.41) is 0. The maximum atomic E-state index is 5.87. The highest BCUT2D eigenvalue weighted by molar-refractivity contribution is 5.54. The Bertz CT molecular complexity index is 489. The number of anilines is 3. The smallest absolute Gasteiger partial charge is 0.223 e. The van der Waals surface area contributed by atoms with Crippen LogP contribution in [0.4, 0.5) is 17.6 Å². The van der Waals surface area contributed by atoms with E-state index in [0.717, 1.165) is 24.7 Å². The van der Waals surface area contributed by atoms with Gasteiger partial charge in [-0.05, 0) is 0 Å². The lowest BCUT2D eigenvalue weighted by atomic mass is 10.3. The number of nitrogens with zero attached hydrogens (tertiary/aromatic N) is 4. The van der Waals surface area contributed by atoms with E-state index in [2.05, 4.69) is 14.9 Å². The fourth-order valence-corrected chi connectivity index (χ4v) is 2.63. The first-order chi connectivity index (χ1) is 10.7. The Balaban J connectivity index is 1.70. The van der Waals surface area contributed by atoms with Crippen LogP contribution in [0.25, 0.3) is 0 Å². The van der Waals surface area contributed by atoms with Gasteiger partial charge in [-0.3, -0.25) is 0 Å². The fourth-order valence-electron chi connectivity index (χ4n) is 2.63. The Morgan fingerprint density at radius 3 is 2.77 bits per heavy atom. The molecular formula is C14H23N5O3. The van der Waals surface area contributed by atoms with Crippen molar-refractivity contribution in [1.29, 1.82) is 0 Å². The molecule has 0 unspecified atom stereocenters. The van der Waals surface area contributed by atoms with Gasteiger partial charge >= 0.3 is 0 Å². The van der Waals surface area contributed by atoms with Crippen LogP contribution in [0.2, 0.25) is 0 Å². The highest BCUT2D eigenvalue weighted by atomic mass is 16.6. The van der Waals surface area contributed by atoms with Crippen LogP contribution in [0, 0.1) is 0 Å². The number of nitrogens with two attached hydrogens (primary N) is 1. The second kappa shape index (κ2) is 7.08. The molecule has 2 aliphatic heterocycles. The molecule has 8 heteroatoms. The molecule has 8 nitrogen and oxygen atoms in total. The van der Waals surface area contributed by atoms with Crippen molar-refractivity contribution < 1.29 is 14.2 Å². The molecule has 0 aromatic carbocycles. The van der Waals surface area contributed by atoms with E-state index >= 15 is 0 Å². The van der Waals surface area contributed by atoms with Gasteiger partial charge in [-0.15, -0.1) is 0 Å². The van der Waals surface area contributed by atoms with Crippen LogP contribution in [0.3, 0.4) is 0 Å². The number of nitrogen functional groups attached to an aromatic ring is 1. The van der Waals surface area contributed by atoms with Gasteiger partial charge in [-0.25, -0.2) is 0 Å². The second-order valence-electron chi connectivity index (χ2n) is 5.49. The zero-order chi connectivity index (χ0) is 15.4. The Kier molecular flexibility index (Phi) is 4.91. The van der Waals surface area contributed by atoms with E-state index in [1.165, 1.54) is 0 Å². The van der Waals surface area contributed by atoms with Crippen molar-refractivity contribution in [2.75, 3.05) is 75.2 Å². The summed E-state index contributed by atoms with van der Waals surface area (Å²) in [5.74, 6) is 1.92. The summed E-state index contributed by atoms with van der Waals surface area (Å²) < 4.78 is 16.5. The second-order valence-corrected chi connectivity index (χ2v) is 5.49. The molecule has 0 saturated carbocycles. The van der Waals surface area contributed by atoms with Gasteiger partial charge in [0.25, 0.3) is 0 Å². The molecule has 1 atom stereocenters. The summed E-state index contributed by atoms with van der Waals surface area (Å²) in [6.07, 6.45) is 0.0572.